The van der Waals surface area contributed by atoms with Gasteiger partial charge >= 0.3 is 0 Å². The number of hydrogen-bond donors (Lipinski definition) is 3. The van der Waals surface area contributed by atoms with Crippen molar-refractivity contribution in [3.05, 3.63) is 65.0 Å². The van der Waals surface area contributed by atoms with Crippen LogP contribution in [-0.4, -0.2) is 32.3 Å². The van der Waals surface area contributed by atoms with Gasteiger partial charge in [-0.15, -0.1) is 0 Å². The van der Waals surface area contributed by atoms with E-state index in [1.165, 1.54) is 6.07 Å². The topological polar surface area (TPSA) is 95.7 Å². The second-order valence-corrected chi connectivity index (χ2v) is 6.28. The maximum Gasteiger partial charge on any atom is 0.272 e. The van der Waals surface area contributed by atoms with Gasteiger partial charge in [0.25, 0.3) is 5.91 Å². The highest BCUT2D eigenvalue weighted by Crippen LogP contribution is 2.19. The fourth-order valence-corrected chi connectivity index (χ4v) is 3.07. The van der Waals surface area contributed by atoms with E-state index in [2.05, 4.69) is 25.7 Å². The van der Waals surface area contributed by atoms with Crippen LogP contribution in [0.15, 0.2) is 36.5 Å². The smallest absolute Gasteiger partial charge is 0.272 e. The van der Waals surface area contributed by atoms with Crippen LogP contribution in [-0.2, 0) is 19.4 Å². The summed E-state index contributed by atoms with van der Waals surface area (Å²) in [5.41, 5.74) is 3.17. The van der Waals surface area contributed by atoms with E-state index in [0.29, 0.717) is 5.69 Å². The van der Waals surface area contributed by atoms with Gasteiger partial charge in [-0.25, -0.2) is 4.39 Å². The quantitative estimate of drug-likeness (QED) is 0.653. The van der Waals surface area contributed by atoms with Crippen LogP contribution >= 0.6 is 0 Å². The summed E-state index contributed by atoms with van der Waals surface area (Å²) in [6.07, 6.45) is 4.28. The Bertz CT molecular complexity index is 920. The van der Waals surface area contributed by atoms with Gasteiger partial charge in [0.1, 0.15) is 12.3 Å². The molecule has 1 aliphatic carbocycles. The van der Waals surface area contributed by atoms with E-state index in [1.807, 2.05) is 0 Å². The molecule has 1 aromatic carbocycles. The first kappa shape index (κ1) is 16.3. The lowest BCUT2D eigenvalue weighted by atomic mass is 9.93. The zero-order valence-electron chi connectivity index (χ0n) is 14.0. The molecule has 3 N–H and O–H groups in total. The molecule has 2 aromatic heterocycles. The molecule has 0 saturated heterocycles. The molecule has 0 fully saturated rings. The second-order valence-electron chi connectivity index (χ2n) is 6.28. The summed E-state index contributed by atoms with van der Waals surface area (Å²) in [7, 11) is 0. The SMILES string of the molecule is O=C(N[C@@H]1CCc2[nH]ncc2C1)c1cc(COc2ccccc2F)[nH]n1. The first-order valence-electron chi connectivity index (χ1n) is 8.42. The minimum atomic E-state index is -0.430. The number of rotatable bonds is 5. The Morgan fingerprint density at radius 1 is 1.35 bits per heavy atom. The number of amides is 1. The van der Waals surface area contributed by atoms with Gasteiger partial charge in [0.2, 0.25) is 0 Å². The van der Waals surface area contributed by atoms with Crippen LogP contribution in [0.2, 0.25) is 0 Å². The number of nitrogens with one attached hydrogen (secondary N) is 3. The average molecular weight is 355 g/mol. The normalized spacial score (nSPS) is 16.1. The molecule has 0 saturated carbocycles. The van der Waals surface area contributed by atoms with E-state index < -0.39 is 5.82 Å². The number of aromatic amines is 2. The third-order valence-electron chi connectivity index (χ3n) is 4.44. The van der Waals surface area contributed by atoms with Gasteiger partial charge in [0, 0.05) is 11.7 Å². The lowest BCUT2D eigenvalue weighted by Crippen LogP contribution is -2.38. The molecular weight excluding hydrogens is 337 g/mol. The summed E-state index contributed by atoms with van der Waals surface area (Å²) in [6.45, 7) is 0.100. The molecule has 0 aliphatic heterocycles. The Morgan fingerprint density at radius 2 is 2.23 bits per heavy atom. The molecule has 7 nitrogen and oxygen atoms in total. The number of nitrogens with zero attached hydrogens (tertiary/aromatic N) is 2. The Morgan fingerprint density at radius 3 is 3.12 bits per heavy atom. The van der Waals surface area contributed by atoms with Gasteiger partial charge in [-0.2, -0.15) is 10.2 Å². The zero-order valence-corrected chi connectivity index (χ0v) is 14.0. The fraction of sp³-hybridized carbons (Fsp3) is 0.278. The van der Waals surface area contributed by atoms with Crippen LogP contribution in [0, 0.1) is 5.82 Å². The summed E-state index contributed by atoms with van der Waals surface area (Å²) >= 11 is 0. The third kappa shape index (κ3) is 3.44. The van der Waals surface area contributed by atoms with Gasteiger partial charge in [-0.1, -0.05) is 12.1 Å². The van der Waals surface area contributed by atoms with Crippen molar-refractivity contribution in [1.82, 2.24) is 25.7 Å². The predicted molar refractivity (Wildman–Crippen MR) is 91.2 cm³/mol. The second kappa shape index (κ2) is 6.99. The van der Waals surface area contributed by atoms with Crippen molar-refractivity contribution in [2.45, 2.75) is 31.9 Å². The first-order valence-corrected chi connectivity index (χ1v) is 8.42. The molecule has 0 bridgehead atoms. The van der Waals surface area contributed by atoms with Crippen LogP contribution in [0.3, 0.4) is 0 Å². The van der Waals surface area contributed by atoms with Gasteiger partial charge in [0.15, 0.2) is 11.6 Å². The maximum atomic E-state index is 13.5. The van der Waals surface area contributed by atoms with E-state index in [0.717, 1.165) is 30.5 Å². The number of carbonyl (C=O) groups is 1. The lowest BCUT2D eigenvalue weighted by Gasteiger charge is -2.22. The maximum absolute atomic E-state index is 13.5. The Labute approximate surface area is 149 Å². The van der Waals surface area contributed by atoms with Crippen LogP contribution in [0.25, 0.3) is 0 Å². The third-order valence-corrected chi connectivity index (χ3v) is 4.44. The molecule has 1 atom stereocenters. The number of hydrogen-bond acceptors (Lipinski definition) is 4. The standard InChI is InChI=1S/C18H18FN5O2/c19-14-3-1-2-4-17(14)26-10-13-8-16(24-22-13)18(25)21-12-5-6-15-11(7-12)9-20-23-15/h1-4,8-9,12H,5-7,10H2,(H,20,23)(H,21,25)(H,22,24)/t12-/m1/s1. The van der Waals surface area contributed by atoms with Crippen LogP contribution in [0.1, 0.15) is 33.9 Å². The number of benzene rings is 1. The molecule has 1 amide bonds. The fourth-order valence-electron chi connectivity index (χ4n) is 3.07. The van der Waals surface area contributed by atoms with Crippen molar-refractivity contribution in [2.75, 3.05) is 0 Å². The predicted octanol–water partition coefficient (Wildman–Crippen LogP) is 2.14. The zero-order chi connectivity index (χ0) is 17.9. The summed E-state index contributed by atoms with van der Waals surface area (Å²) in [4.78, 5) is 12.4. The minimum absolute atomic E-state index is 0.0578. The van der Waals surface area contributed by atoms with Crippen LogP contribution in [0.4, 0.5) is 4.39 Å². The van der Waals surface area contributed by atoms with E-state index in [4.69, 9.17) is 4.74 Å². The summed E-state index contributed by atoms with van der Waals surface area (Å²) in [5, 5.41) is 16.8. The summed E-state index contributed by atoms with van der Waals surface area (Å²) in [5.74, 6) is -0.512. The molecule has 1 aliphatic rings. The summed E-state index contributed by atoms with van der Waals surface area (Å²) in [6, 6.07) is 7.84. The largest absolute Gasteiger partial charge is 0.484 e. The minimum Gasteiger partial charge on any atom is -0.484 e. The van der Waals surface area contributed by atoms with Crippen LogP contribution in [0.5, 0.6) is 5.75 Å². The number of aromatic nitrogens is 4. The van der Waals surface area contributed by atoms with Crippen molar-refractivity contribution in [1.29, 1.82) is 0 Å². The highest BCUT2D eigenvalue weighted by atomic mass is 19.1. The van der Waals surface area contributed by atoms with Gasteiger partial charge in [-0.05, 0) is 43.0 Å². The number of para-hydroxylation sites is 1. The Balaban J connectivity index is 1.34. The van der Waals surface area contributed by atoms with Gasteiger partial charge in [0.05, 0.1) is 11.9 Å². The van der Waals surface area contributed by atoms with Crippen LogP contribution < -0.4 is 10.1 Å². The lowest BCUT2D eigenvalue weighted by molar-refractivity contribution is 0.0928. The first-order chi connectivity index (χ1) is 12.7. The Hall–Kier alpha value is -3.16. The molecule has 2 heterocycles. The monoisotopic (exact) mass is 355 g/mol. The number of ether oxygens (including phenoxy) is 1. The molecule has 26 heavy (non-hydrogen) atoms. The van der Waals surface area contributed by atoms with Crippen molar-refractivity contribution in [3.63, 3.8) is 0 Å². The molecule has 8 heteroatoms. The highest BCUT2D eigenvalue weighted by molar-refractivity contribution is 5.92. The molecule has 0 spiro atoms. The van der Waals surface area contributed by atoms with E-state index >= 15 is 0 Å². The number of halogens is 1. The molecule has 4 rings (SSSR count). The number of aryl methyl sites for hydroxylation is 1. The van der Waals surface area contributed by atoms with Crippen molar-refractivity contribution in [2.24, 2.45) is 0 Å². The van der Waals surface area contributed by atoms with E-state index in [1.54, 1.807) is 30.5 Å². The molecule has 134 valence electrons. The number of fused-ring (bicyclic) bond motifs is 1. The number of carbonyl (C=O) groups excluding carboxylic acids is 1. The number of H-pyrrole nitrogens is 2. The average Bonchev–Trinajstić information content (AvgIpc) is 3.30. The molecular formula is C18H18FN5O2. The van der Waals surface area contributed by atoms with E-state index in [-0.39, 0.29) is 30.0 Å². The van der Waals surface area contributed by atoms with Crippen molar-refractivity contribution >= 4 is 5.91 Å². The van der Waals surface area contributed by atoms with E-state index in [9.17, 15) is 9.18 Å². The molecule has 0 unspecified atom stereocenters. The van der Waals surface area contributed by atoms with Crippen molar-refractivity contribution in [3.8, 4) is 5.75 Å². The molecule has 3 aromatic rings. The van der Waals surface area contributed by atoms with Gasteiger partial charge < -0.3 is 10.1 Å². The van der Waals surface area contributed by atoms with Gasteiger partial charge in [-0.3, -0.25) is 15.0 Å². The van der Waals surface area contributed by atoms with Crippen molar-refractivity contribution < 1.29 is 13.9 Å². The molecule has 0 radical (unpaired) electrons. The highest BCUT2D eigenvalue weighted by Gasteiger charge is 2.22. The Kier molecular flexibility index (Phi) is 4.39. The summed E-state index contributed by atoms with van der Waals surface area (Å²) < 4.78 is 19.0.